The third-order valence-corrected chi connectivity index (χ3v) is 2.89. The molecule has 0 heterocycles. The van der Waals surface area contributed by atoms with E-state index in [9.17, 15) is 9.59 Å². The Morgan fingerprint density at radius 1 is 1.18 bits per heavy atom. The Balaban J connectivity index is 2.39. The quantitative estimate of drug-likeness (QED) is 0.504. The zero-order valence-corrected chi connectivity index (χ0v) is 13.1. The summed E-state index contributed by atoms with van der Waals surface area (Å²) in [5.74, 6) is -0.814. The highest BCUT2D eigenvalue weighted by molar-refractivity contribution is 6.39. The van der Waals surface area contributed by atoms with Gasteiger partial charge in [-0.1, -0.05) is 19.8 Å². The van der Waals surface area contributed by atoms with E-state index in [1.807, 2.05) is 0 Å². The lowest BCUT2D eigenvalue weighted by molar-refractivity contribution is -0.136. The number of ether oxygens (including phenoxy) is 1. The van der Waals surface area contributed by atoms with Gasteiger partial charge in [-0.3, -0.25) is 9.59 Å². The minimum absolute atomic E-state index is 0.0385. The van der Waals surface area contributed by atoms with Crippen molar-refractivity contribution in [2.45, 2.75) is 39.2 Å². The van der Waals surface area contributed by atoms with Crippen molar-refractivity contribution in [3.05, 3.63) is 24.3 Å². The predicted molar refractivity (Wildman–Crippen MR) is 84.8 cm³/mol. The number of hydrogen-bond donors (Lipinski definition) is 3. The van der Waals surface area contributed by atoms with Crippen molar-refractivity contribution < 1.29 is 19.4 Å². The molecule has 1 atom stereocenters. The third-order valence-electron chi connectivity index (χ3n) is 2.89. The van der Waals surface area contributed by atoms with E-state index in [1.54, 1.807) is 24.3 Å². The van der Waals surface area contributed by atoms with Gasteiger partial charge in [0.1, 0.15) is 5.75 Å². The molecule has 0 fully saturated rings. The molecule has 0 aliphatic heterocycles. The standard InChI is InChI=1S/C16H24N2O4/c1-3-4-5-10-22-14-8-6-13(7-9-14)18-16(21)15(20)17-11-12(2)19/h6-9,12,19H,3-5,10-11H2,1-2H3,(H,17,20)(H,18,21)/t12-/m1/s1. The first kappa shape index (κ1) is 18.0. The van der Waals surface area contributed by atoms with Gasteiger partial charge in [0.15, 0.2) is 0 Å². The number of carbonyl (C=O) groups excluding carboxylic acids is 2. The van der Waals surface area contributed by atoms with Crippen LogP contribution in [-0.2, 0) is 9.59 Å². The number of hydrogen-bond acceptors (Lipinski definition) is 4. The Morgan fingerprint density at radius 3 is 2.45 bits per heavy atom. The Morgan fingerprint density at radius 2 is 1.86 bits per heavy atom. The molecule has 2 amide bonds. The molecule has 0 spiro atoms. The number of aliphatic hydroxyl groups excluding tert-OH is 1. The monoisotopic (exact) mass is 308 g/mol. The largest absolute Gasteiger partial charge is 0.494 e. The van der Waals surface area contributed by atoms with Gasteiger partial charge in [0.2, 0.25) is 0 Å². The Labute approximate surface area is 130 Å². The maximum absolute atomic E-state index is 11.6. The highest BCUT2D eigenvalue weighted by Gasteiger charge is 2.13. The van der Waals surface area contributed by atoms with Gasteiger partial charge in [0.05, 0.1) is 12.7 Å². The van der Waals surface area contributed by atoms with Gasteiger partial charge in [-0.05, 0) is 37.6 Å². The molecular formula is C16H24N2O4. The SMILES string of the molecule is CCCCCOc1ccc(NC(=O)C(=O)NC[C@@H](C)O)cc1. The molecule has 0 bridgehead atoms. The summed E-state index contributed by atoms with van der Waals surface area (Å²) >= 11 is 0. The smallest absolute Gasteiger partial charge is 0.313 e. The molecule has 1 aromatic rings. The summed E-state index contributed by atoms with van der Waals surface area (Å²) in [7, 11) is 0. The van der Waals surface area contributed by atoms with Gasteiger partial charge in [-0.2, -0.15) is 0 Å². The number of rotatable bonds is 8. The fourth-order valence-electron chi connectivity index (χ4n) is 1.69. The summed E-state index contributed by atoms with van der Waals surface area (Å²) in [6.45, 7) is 4.37. The zero-order chi connectivity index (χ0) is 16.4. The number of nitrogens with one attached hydrogen (secondary N) is 2. The number of carbonyl (C=O) groups is 2. The van der Waals surface area contributed by atoms with Crippen LogP contribution in [0.1, 0.15) is 33.1 Å². The van der Waals surface area contributed by atoms with Gasteiger partial charge in [0, 0.05) is 12.2 Å². The maximum atomic E-state index is 11.6. The van der Waals surface area contributed by atoms with Crippen LogP contribution in [0.25, 0.3) is 0 Å². The van der Waals surface area contributed by atoms with Crippen molar-refractivity contribution in [3.63, 3.8) is 0 Å². The molecule has 0 aliphatic rings. The number of benzene rings is 1. The van der Waals surface area contributed by atoms with Crippen molar-refractivity contribution in [3.8, 4) is 5.75 Å². The van der Waals surface area contributed by atoms with Gasteiger partial charge >= 0.3 is 11.8 Å². The summed E-state index contributed by atoms with van der Waals surface area (Å²) < 4.78 is 5.56. The molecule has 3 N–H and O–H groups in total. The van der Waals surface area contributed by atoms with Gasteiger partial charge in [-0.25, -0.2) is 0 Å². The molecule has 0 aliphatic carbocycles. The highest BCUT2D eigenvalue weighted by atomic mass is 16.5. The van der Waals surface area contributed by atoms with Crippen LogP contribution in [0.2, 0.25) is 0 Å². The normalized spacial score (nSPS) is 11.6. The van der Waals surface area contributed by atoms with E-state index in [0.29, 0.717) is 12.3 Å². The summed E-state index contributed by atoms with van der Waals surface area (Å²) in [5.41, 5.74) is 0.512. The van der Waals surface area contributed by atoms with Crippen LogP contribution in [0.4, 0.5) is 5.69 Å². The predicted octanol–water partition coefficient (Wildman–Crippen LogP) is 1.69. The van der Waals surface area contributed by atoms with Crippen molar-refractivity contribution in [2.24, 2.45) is 0 Å². The molecule has 0 saturated heterocycles. The van der Waals surface area contributed by atoms with E-state index in [-0.39, 0.29) is 6.54 Å². The highest BCUT2D eigenvalue weighted by Crippen LogP contribution is 2.16. The lowest BCUT2D eigenvalue weighted by atomic mass is 10.2. The van der Waals surface area contributed by atoms with E-state index in [2.05, 4.69) is 17.6 Å². The first-order valence-electron chi connectivity index (χ1n) is 7.53. The van der Waals surface area contributed by atoms with E-state index in [0.717, 1.165) is 25.0 Å². The maximum Gasteiger partial charge on any atom is 0.313 e. The van der Waals surface area contributed by atoms with Crippen LogP contribution in [0.5, 0.6) is 5.75 Å². The van der Waals surface area contributed by atoms with Gasteiger partial charge in [0.25, 0.3) is 0 Å². The molecule has 0 aromatic heterocycles. The molecule has 22 heavy (non-hydrogen) atoms. The molecule has 0 radical (unpaired) electrons. The van der Waals surface area contributed by atoms with Crippen LogP contribution in [0.15, 0.2) is 24.3 Å². The number of unbranched alkanes of at least 4 members (excludes halogenated alkanes) is 2. The second-order valence-corrected chi connectivity index (χ2v) is 5.09. The lowest BCUT2D eigenvalue weighted by Gasteiger charge is -2.09. The van der Waals surface area contributed by atoms with Crippen LogP contribution >= 0.6 is 0 Å². The topological polar surface area (TPSA) is 87.7 Å². The van der Waals surface area contributed by atoms with E-state index < -0.39 is 17.9 Å². The van der Waals surface area contributed by atoms with Crippen molar-refractivity contribution in [2.75, 3.05) is 18.5 Å². The molecule has 0 saturated carbocycles. The Kier molecular flexibility index (Phi) is 7.99. The lowest BCUT2D eigenvalue weighted by Crippen LogP contribution is -2.38. The Hall–Kier alpha value is -2.08. The van der Waals surface area contributed by atoms with Crippen LogP contribution in [0, 0.1) is 0 Å². The fourth-order valence-corrected chi connectivity index (χ4v) is 1.69. The number of amides is 2. The van der Waals surface area contributed by atoms with Crippen LogP contribution in [-0.4, -0.2) is 36.2 Å². The summed E-state index contributed by atoms with van der Waals surface area (Å²) in [6.07, 6.45) is 2.60. The van der Waals surface area contributed by atoms with E-state index >= 15 is 0 Å². The number of anilines is 1. The van der Waals surface area contributed by atoms with Gasteiger partial charge < -0.3 is 20.5 Å². The molecule has 1 rings (SSSR count). The second-order valence-electron chi connectivity index (χ2n) is 5.09. The average Bonchev–Trinajstić information content (AvgIpc) is 2.50. The first-order valence-corrected chi connectivity index (χ1v) is 7.53. The zero-order valence-electron chi connectivity index (χ0n) is 13.1. The molecule has 6 heteroatoms. The first-order chi connectivity index (χ1) is 10.5. The minimum Gasteiger partial charge on any atom is -0.494 e. The summed E-state index contributed by atoms with van der Waals surface area (Å²) in [6, 6.07) is 6.84. The Bertz CT molecular complexity index is 472. The van der Waals surface area contributed by atoms with Crippen LogP contribution < -0.4 is 15.4 Å². The average molecular weight is 308 g/mol. The number of aliphatic hydroxyl groups is 1. The third kappa shape index (κ3) is 7.08. The molecule has 6 nitrogen and oxygen atoms in total. The van der Waals surface area contributed by atoms with Crippen LogP contribution in [0.3, 0.4) is 0 Å². The minimum atomic E-state index is -0.777. The van der Waals surface area contributed by atoms with Crippen molar-refractivity contribution in [1.29, 1.82) is 0 Å². The van der Waals surface area contributed by atoms with E-state index in [4.69, 9.17) is 9.84 Å². The summed E-state index contributed by atoms with van der Waals surface area (Å²) in [4.78, 5) is 23.1. The van der Waals surface area contributed by atoms with Gasteiger partial charge in [-0.15, -0.1) is 0 Å². The second kappa shape index (κ2) is 9.78. The fraction of sp³-hybridized carbons (Fsp3) is 0.500. The van der Waals surface area contributed by atoms with Crippen molar-refractivity contribution in [1.82, 2.24) is 5.32 Å². The molecular weight excluding hydrogens is 284 g/mol. The molecule has 0 unspecified atom stereocenters. The van der Waals surface area contributed by atoms with Crippen molar-refractivity contribution >= 4 is 17.5 Å². The summed E-state index contributed by atoms with van der Waals surface area (Å²) in [5, 5.41) is 13.9. The molecule has 122 valence electrons. The van der Waals surface area contributed by atoms with E-state index in [1.165, 1.54) is 6.92 Å². The molecule has 1 aromatic carbocycles.